The topological polar surface area (TPSA) is 35.5 Å². The number of halogens is 2. The van der Waals surface area contributed by atoms with E-state index in [9.17, 15) is 4.79 Å². The average Bonchev–Trinajstić information content (AvgIpc) is 2.28. The predicted octanol–water partition coefficient (Wildman–Crippen LogP) is 2.96. The molecule has 0 bridgehead atoms. The summed E-state index contributed by atoms with van der Waals surface area (Å²) in [6, 6.07) is 5.47. The molecule has 0 aliphatic carbocycles. The van der Waals surface area contributed by atoms with Gasteiger partial charge in [0.15, 0.2) is 0 Å². The number of esters is 1. The molecule has 0 amide bonds. The molecule has 1 aromatic rings. The molecule has 1 aromatic carbocycles. The number of alkyl halides is 1. The molecule has 0 saturated heterocycles. The number of methoxy groups -OCH3 is 1. The molecule has 0 aliphatic heterocycles. The number of ether oxygens (including phenoxy) is 2. The van der Waals surface area contributed by atoms with Crippen LogP contribution in [-0.4, -0.2) is 24.5 Å². The lowest BCUT2D eigenvalue weighted by atomic mass is 10.2. The Balaban J connectivity index is 2.60. The van der Waals surface area contributed by atoms with E-state index in [0.29, 0.717) is 10.8 Å². The van der Waals surface area contributed by atoms with Gasteiger partial charge in [0, 0.05) is 0 Å². The Morgan fingerprint density at radius 2 is 2.25 bits per heavy atom. The summed E-state index contributed by atoms with van der Waals surface area (Å²) in [5, 5.41) is 0.523. The van der Waals surface area contributed by atoms with Crippen LogP contribution in [0.3, 0.4) is 0 Å². The van der Waals surface area contributed by atoms with Crippen LogP contribution in [0.1, 0.15) is 5.56 Å². The Labute approximate surface area is 108 Å². The van der Waals surface area contributed by atoms with Gasteiger partial charge in [-0.3, -0.25) is 4.79 Å². The SMILES string of the molecule is COC(=O)C(Br)COc1cc(C)ccc1Cl. The van der Waals surface area contributed by atoms with Crippen molar-refractivity contribution in [3.8, 4) is 5.75 Å². The quantitative estimate of drug-likeness (QED) is 0.634. The molecule has 88 valence electrons. The molecule has 0 N–H and O–H groups in total. The molecular weight excluding hydrogens is 295 g/mol. The van der Waals surface area contributed by atoms with Crippen molar-refractivity contribution in [2.45, 2.75) is 11.8 Å². The van der Waals surface area contributed by atoms with Crippen LogP contribution in [0.25, 0.3) is 0 Å². The minimum Gasteiger partial charge on any atom is -0.490 e. The molecule has 0 aliphatic rings. The van der Waals surface area contributed by atoms with Gasteiger partial charge in [-0.15, -0.1) is 0 Å². The van der Waals surface area contributed by atoms with E-state index in [1.165, 1.54) is 7.11 Å². The van der Waals surface area contributed by atoms with Gasteiger partial charge < -0.3 is 9.47 Å². The summed E-state index contributed by atoms with van der Waals surface area (Å²) < 4.78 is 9.98. The second-order valence-electron chi connectivity index (χ2n) is 3.24. The fraction of sp³-hybridized carbons (Fsp3) is 0.364. The molecule has 1 unspecified atom stereocenters. The molecule has 0 saturated carbocycles. The van der Waals surface area contributed by atoms with E-state index in [-0.39, 0.29) is 12.6 Å². The number of hydrogen-bond acceptors (Lipinski definition) is 3. The summed E-state index contributed by atoms with van der Waals surface area (Å²) >= 11 is 9.10. The number of rotatable bonds is 4. The highest BCUT2D eigenvalue weighted by molar-refractivity contribution is 9.10. The van der Waals surface area contributed by atoms with Gasteiger partial charge >= 0.3 is 5.97 Å². The molecular formula is C11H12BrClO3. The normalized spacial score (nSPS) is 12.0. The largest absolute Gasteiger partial charge is 0.490 e. The van der Waals surface area contributed by atoms with Crippen LogP contribution in [0.2, 0.25) is 5.02 Å². The molecule has 16 heavy (non-hydrogen) atoms. The van der Waals surface area contributed by atoms with Gasteiger partial charge in [-0.2, -0.15) is 0 Å². The average molecular weight is 308 g/mol. The molecule has 1 rings (SSSR count). The van der Waals surface area contributed by atoms with Crippen molar-refractivity contribution in [3.05, 3.63) is 28.8 Å². The minimum absolute atomic E-state index is 0.176. The number of carbonyl (C=O) groups is 1. The molecule has 0 heterocycles. The third-order valence-electron chi connectivity index (χ3n) is 1.93. The lowest BCUT2D eigenvalue weighted by Crippen LogP contribution is -2.23. The second-order valence-corrected chi connectivity index (χ2v) is 4.75. The van der Waals surface area contributed by atoms with Crippen molar-refractivity contribution < 1.29 is 14.3 Å². The van der Waals surface area contributed by atoms with Crippen LogP contribution in [0.4, 0.5) is 0 Å². The van der Waals surface area contributed by atoms with E-state index in [2.05, 4.69) is 20.7 Å². The van der Waals surface area contributed by atoms with E-state index < -0.39 is 4.83 Å². The molecule has 0 spiro atoms. The standard InChI is InChI=1S/C11H12BrClO3/c1-7-3-4-9(13)10(5-7)16-6-8(12)11(14)15-2/h3-5,8H,6H2,1-2H3. The highest BCUT2D eigenvalue weighted by Gasteiger charge is 2.16. The molecule has 0 fully saturated rings. The Hall–Kier alpha value is -0.740. The van der Waals surface area contributed by atoms with Gasteiger partial charge in [0.2, 0.25) is 0 Å². The van der Waals surface area contributed by atoms with Crippen molar-refractivity contribution in [3.63, 3.8) is 0 Å². The fourth-order valence-electron chi connectivity index (χ4n) is 1.08. The Kier molecular flexibility index (Phi) is 5.09. The zero-order chi connectivity index (χ0) is 12.1. The number of benzene rings is 1. The summed E-state index contributed by atoms with van der Waals surface area (Å²) in [6.07, 6.45) is 0. The third kappa shape index (κ3) is 3.68. The van der Waals surface area contributed by atoms with Crippen molar-refractivity contribution >= 4 is 33.5 Å². The third-order valence-corrected chi connectivity index (χ3v) is 2.88. The van der Waals surface area contributed by atoms with Crippen LogP contribution in [0.5, 0.6) is 5.75 Å². The Morgan fingerprint density at radius 1 is 1.56 bits per heavy atom. The van der Waals surface area contributed by atoms with Crippen molar-refractivity contribution in [1.29, 1.82) is 0 Å². The van der Waals surface area contributed by atoms with Gasteiger partial charge in [0.05, 0.1) is 12.1 Å². The van der Waals surface area contributed by atoms with Gasteiger partial charge in [-0.25, -0.2) is 0 Å². The maximum absolute atomic E-state index is 11.1. The first-order valence-corrected chi connectivity index (χ1v) is 5.95. The fourth-order valence-corrected chi connectivity index (χ4v) is 1.57. The molecule has 5 heteroatoms. The lowest BCUT2D eigenvalue weighted by Gasteiger charge is -2.11. The number of hydrogen-bond donors (Lipinski definition) is 0. The molecule has 0 aromatic heterocycles. The van der Waals surface area contributed by atoms with Gasteiger partial charge in [0.25, 0.3) is 0 Å². The molecule has 1 atom stereocenters. The summed E-state index contributed by atoms with van der Waals surface area (Å²) in [7, 11) is 1.33. The second kappa shape index (κ2) is 6.11. The van der Waals surface area contributed by atoms with Crippen LogP contribution >= 0.6 is 27.5 Å². The van der Waals surface area contributed by atoms with E-state index in [1.807, 2.05) is 19.1 Å². The molecule has 3 nitrogen and oxygen atoms in total. The Morgan fingerprint density at radius 3 is 2.88 bits per heavy atom. The zero-order valence-electron chi connectivity index (χ0n) is 9.00. The van der Waals surface area contributed by atoms with E-state index in [0.717, 1.165) is 5.56 Å². The first kappa shape index (κ1) is 13.3. The summed E-state index contributed by atoms with van der Waals surface area (Å²) in [5.74, 6) is 0.193. The zero-order valence-corrected chi connectivity index (χ0v) is 11.3. The van der Waals surface area contributed by atoms with E-state index in [4.69, 9.17) is 16.3 Å². The first-order chi connectivity index (χ1) is 7.54. The number of carbonyl (C=O) groups excluding carboxylic acids is 1. The van der Waals surface area contributed by atoms with Crippen LogP contribution in [-0.2, 0) is 9.53 Å². The number of aryl methyl sites for hydroxylation is 1. The summed E-state index contributed by atoms with van der Waals surface area (Å²) in [5.41, 5.74) is 1.04. The van der Waals surface area contributed by atoms with Crippen molar-refractivity contribution in [2.75, 3.05) is 13.7 Å². The summed E-state index contributed by atoms with van der Waals surface area (Å²) in [4.78, 5) is 10.6. The monoisotopic (exact) mass is 306 g/mol. The maximum Gasteiger partial charge on any atom is 0.322 e. The van der Waals surface area contributed by atoms with Gasteiger partial charge in [0.1, 0.15) is 17.2 Å². The molecule has 0 radical (unpaired) electrons. The first-order valence-electron chi connectivity index (χ1n) is 4.65. The van der Waals surface area contributed by atoms with Gasteiger partial charge in [-0.05, 0) is 24.6 Å². The smallest absolute Gasteiger partial charge is 0.322 e. The van der Waals surface area contributed by atoms with Crippen molar-refractivity contribution in [1.82, 2.24) is 0 Å². The summed E-state index contributed by atoms with van der Waals surface area (Å²) in [6.45, 7) is 2.12. The van der Waals surface area contributed by atoms with E-state index in [1.54, 1.807) is 6.07 Å². The maximum atomic E-state index is 11.1. The minimum atomic E-state index is -0.492. The Bertz CT molecular complexity index is 381. The highest BCUT2D eigenvalue weighted by Crippen LogP contribution is 2.25. The van der Waals surface area contributed by atoms with E-state index >= 15 is 0 Å². The van der Waals surface area contributed by atoms with Crippen molar-refractivity contribution in [2.24, 2.45) is 0 Å². The van der Waals surface area contributed by atoms with Crippen LogP contribution in [0.15, 0.2) is 18.2 Å². The highest BCUT2D eigenvalue weighted by atomic mass is 79.9. The van der Waals surface area contributed by atoms with Crippen LogP contribution in [0, 0.1) is 6.92 Å². The van der Waals surface area contributed by atoms with Gasteiger partial charge in [-0.1, -0.05) is 33.6 Å². The predicted molar refractivity (Wildman–Crippen MR) is 66.4 cm³/mol. The van der Waals surface area contributed by atoms with Crippen LogP contribution < -0.4 is 4.74 Å². The lowest BCUT2D eigenvalue weighted by molar-refractivity contribution is -0.140.